The number of unbranched alkanes of at least 4 members (excludes halogenated alkanes) is 1. The highest BCUT2D eigenvalue weighted by Gasteiger charge is 2.11. The Hall–Kier alpha value is -1.37. The van der Waals surface area contributed by atoms with Crippen LogP contribution in [0.5, 0.6) is 0 Å². The fourth-order valence-electron chi connectivity index (χ4n) is 2.63. The Balaban J connectivity index is 2.20. The SMILES string of the molecule is CCCCC(CC)Nc1nc(Nc2cc(Cl)c(Br)c(CO)c2)ncc1C. The van der Waals surface area contributed by atoms with Gasteiger partial charge < -0.3 is 15.7 Å². The smallest absolute Gasteiger partial charge is 0.229 e. The zero-order valence-electron chi connectivity index (χ0n) is 15.4. The first-order chi connectivity index (χ1) is 12.5. The first-order valence-electron chi connectivity index (χ1n) is 8.94. The third-order valence-electron chi connectivity index (χ3n) is 4.24. The summed E-state index contributed by atoms with van der Waals surface area (Å²) in [6.07, 6.45) is 6.36. The molecule has 142 valence electrons. The average molecular weight is 442 g/mol. The molecule has 1 unspecified atom stereocenters. The van der Waals surface area contributed by atoms with Gasteiger partial charge in [-0.2, -0.15) is 4.98 Å². The van der Waals surface area contributed by atoms with Crippen molar-refractivity contribution < 1.29 is 5.11 Å². The summed E-state index contributed by atoms with van der Waals surface area (Å²) in [4.78, 5) is 8.98. The van der Waals surface area contributed by atoms with Crippen LogP contribution >= 0.6 is 27.5 Å². The maximum atomic E-state index is 9.45. The van der Waals surface area contributed by atoms with Crippen LogP contribution in [0.4, 0.5) is 17.5 Å². The Morgan fingerprint density at radius 2 is 2.08 bits per heavy atom. The summed E-state index contributed by atoms with van der Waals surface area (Å²) in [5.74, 6) is 1.33. The van der Waals surface area contributed by atoms with Gasteiger partial charge in [0.15, 0.2) is 0 Å². The van der Waals surface area contributed by atoms with Crippen molar-refractivity contribution in [2.24, 2.45) is 0 Å². The number of anilines is 3. The molecule has 1 heterocycles. The minimum Gasteiger partial charge on any atom is -0.392 e. The Bertz CT molecular complexity index is 742. The monoisotopic (exact) mass is 440 g/mol. The maximum Gasteiger partial charge on any atom is 0.229 e. The summed E-state index contributed by atoms with van der Waals surface area (Å²) < 4.78 is 0.695. The topological polar surface area (TPSA) is 70.1 Å². The van der Waals surface area contributed by atoms with Gasteiger partial charge in [-0.05, 0) is 53.4 Å². The second kappa shape index (κ2) is 10.1. The lowest BCUT2D eigenvalue weighted by Gasteiger charge is -2.19. The predicted molar refractivity (Wildman–Crippen MR) is 112 cm³/mol. The normalized spacial score (nSPS) is 12.1. The Kier molecular flexibility index (Phi) is 8.13. The molecule has 0 spiro atoms. The van der Waals surface area contributed by atoms with E-state index in [-0.39, 0.29) is 6.61 Å². The zero-order chi connectivity index (χ0) is 19.1. The second-order valence-electron chi connectivity index (χ2n) is 6.33. The van der Waals surface area contributed by atoms with E-state index in [1.54, 1.807) is 12.3 Å². The molecule has 0 saturated carbocycles. The molecule has 0 fully saturated rings. The third kappa shape index (κ3) is 5.56. The first-order valence-corrected chi connectivity index (χ1v) is 10.1. The van der Waals surface area contributed by atoms with Crippen molar-refractivity contribution in [3.63, 3.8) is 0 Å². The molecule has 1 aromatic carbocycles. The number of hydrogen-bond acceptors (Lipinski definition) is 5. The van der Waals surface area contributed by atoms with E-state index in [0.717, 1.165) is 29.9 Å². The summed E-state index contributed by atoms with van der Waals surface area (Å²) in [6, 6.07) is 4.00. The van der Waals surface area contributed by atoms with Crippen LogP contribution < -0.4 is 10.6 Å². The molecule has 1 atom stereocenters. The van der Waals surface area contributed by atoms with Crippen molar-refractivity contribution >= 4 is 45.0 Å². The number of aryl methyl sites for hydroxylation is 1. The maximum absolute atomic E-state index is 9.45. The molecule has 0 aliphatic carbocycles. The highest BCUT2D eigenvalue weighted by Crippen LogP contribution is 2.31. The quantitative estimate of drug-likeness (QED) is 0.457. The highest BCUT2D eigenvalue weighted by molar-refractivity contribution is 9.10. The van der Waals surface area contributed by atoms with Gasteiger partial charge in [-0.3, -0.25) is 0 Å². The van der Waals surface area contributed by atoms with Gasteiger partial charge in [0.2, 0.25) is 5.95 Å². The average Bonchev–Trinajstić information content (AvgIpc) is 2.63. The summed E-state index contributed by atoms with van der Waals surface area (Å²) in [6.45, 7) is 6.28. The number of halogens is 2. The van der Waals surface area contributed by atoms with E-state index in [0.29, 0.717) is 27.0 Å². The van der Waals surface area contributed by atoms with Crippen LogP contribution in [0.15, 0.2) is 22.8 Å². The number of aliphatic hydroxyl groups excluding tert-OH is 1. The van der Waals surface area contributed by atoms with Crippen molar-refractivity contribution in [3.8, 4) is 0 Å². The lowest BCUT2D eigenvalue weighted by molar-refractivity contribution is 0.281. The fraction of sp³-hybridized carbons (Fsp3) is 0.474. The first kappa shape index (κ1) is 20.9. The number of rotatable bonds is 9. The van der Waals surface area contributed by atoms with Crippen LogP contribution in [0.3, 0.4) is 0 Å². The minimum absolute atomic E-state index is 0.104. The van der Waals surface area contributed by atoms with Crippen LogP contribution in [0.25, 0.3) is 0 Å². The van der Waals surface area contributed by atoms with Crippen molar-refractivity contribution in [2.75, 3.05) is 10.6 Å². The third-order valence-corrected chi connectivity index (χ3v) is 5.70. The molecular weight excluding hydrogens is 416 g/mol. The van der Waals surface area contributed by atoms with Crippen LogP contribution in [0, 0.1) is 6.92 Å². The van der Waals surface area contributed by atoms with Gasteiger partial charge in [-0.25, -0.2) is 4.98 Å². The molecule has 7 heteroatoms. The number of hydrogen-bond donors (Lipinski definition) is 3. The largest absolute Gasteiger partial charge is 0.392 e. The van der Waals surface area contributed by atoms with E-state index >= 15 is 0 Å². The molecule has 0 radical (unpaired) electrons. The lowest BCUT2D eigenvalue weighted by atomic mass is 10.1. The molecule has 0 amide bonds. The lowest BCUT2D eigenvalue weighted by Crippen LogP contribution is -2.20. The Morgan fingerprint density at radius 1 is 1.31 bits per heavy atom. The van der Waals surface area contributed by atoms with Gasteiger partial charge in [0.25, 0.3) is 0 Å². The molecule has 1 aromatic heterocycles. The van der Waals surface area contributed by atoms with E-state index in [1.165, 1.54) is 12.8 Å². The van der Waals surface area contributed by atoms with Gasteiger partial charge in [-0.15, -0.1) is 0 Å². The number of benzene rings is 1. The van der Waals surface area contributed by atoms with Crippen LogP contribution in [-0.4, -0.2) is 21.1 Å². The van der Waals surface area contributed by atoms with E-state index in [2.05, 4.69) is 50.4 Å². The highest BCUT2D eigenvalue weighted by atomic mass is 79.9. The molecule has 0 aliphatic heterocycles. The molecular formula is C19H26BrClN4O. The van der Waals surface area contributed by atoms with E-state index in [4.69, 9.17) is 11.6 Å². The zero-order valence-corrected chi connectivity index (χ0v) is 17.8. The fourth-order valence-corrected chi connectivity index (χ4v) is 3.23. The predicted octanol–water partition coefficient (Wildman–Crippen LogP) is 5.82. The number of nitrogens with one attached hydrogen (secondary N) is 2. The minimum atomic E-state index is -0.104. The molecule has 0 saturated heterocycles. The van der Waals surface area contributed by atoms with Crippen LogP contribution in [0.2, 0.25) is 5.02 Å². The van der Waals surface area contributed by atoms with Crippen molar-refractivity contribution in [3.05, 3.63) is 39.0 Å². The summed E-state index contributed by atoms with van der Waals surface area (Å²) in [7, 11) is 0. The van der Waals surface area contributed by atoms with Crippen LogP contribution in [0.1, 0.15) is 50.7 Å². The molecule has 0 aliphatic rings. The van der Waals surface area contributed by atoms with Gasteiger partial charge in [-0.1, -0.05) is 38.3 Å². The standard InChI is InChI=1S/C19H26BrClN4O/c1-4-6-7-14(5-2)23-18-12(3)10-22-19(25-18)24-15-8-13(11-26)17(20)16(21)9-15/h8-10,14,26H,4-7,11H2,1-3H3,(H2,22,23,24,25). The van der Waals surface area contributed by atoms with Gasteiger partial charge in [0.05, 0.1) is 11.6 Å². The van der Waals surface area contributed by atoms with E-state index in [9.17, 15) is 5.11 Å². The Labute approximate surface area is 168 Å². The van der Waals surface area contributed by atoms with E-state index < -0.39 is 0 Å². The molecule has 0 bridgehead atoms. The second-order valence-corrected chi connectivity index (χ2v) is 7.53. The number of nitrogens with zero attached hydrogens (tertiary/aromatic N) is 2. The Morgan fingerprint density at radius 3 is 2.73 bits per heavy atom. The van der Waals surface area contributed by atoms with Gasteiger partial charge >= 0.3 is 0 Å². The van der Waals surface area contributed by atoms with E-state index in [1.807, 2.05) is 13.0 Å². The van der Waals surface area contributed by atoms with Crippen molar-refractivity contribution in [2.45, 2.75) is 59.1 Å². The summed E-state index contributed by atoms with van der Waals surface area (Å²) in [5.41, 5.74) is 2.45. The number of aromatic nitrogens is 2. The summed E-state index contributed by atoms with van der Waals surface area (Å²) >= 11 is 9.58. The molecule has 2 rings (SSSR count). The molecule has 3 N–H and O–H groups in total. The van der Waals surface area contributed by atoms with Gasteiger partial charge in [0.1, 0.15) is 5.82 Å². The molecule has 26 heavy (non-hydrogen) atoms. The number of aliphatic hydroxyl groups is 1. The molecule has 5 nitrogen and oxygen atoms in total. The van der Waals surface area contributed by atoms with Crippen molar-refractivity contribution in [1.82, 2.24) is 9.97 Å². The molecule has 2 aromatic rings. The van der Waals surface area contributed by atoms with Crippen molar-refractivity contribution in [1.29, 1.82) is 0 Å². The van der Waals surface area contributed by atoms with Crippen LogP contribution in [-0.2, 0) is 6.61 Å². The van der Waals surface area contributed by atoms with Gasteiger partial charge in [0, 0.05) is 28.0 Å². The summed E-state index contributed by atoms with van der Waals surface area (Å²) in [5, 5.41) is 16.7.